The van der Waals surface area contributed by atoms with Crippen molar-refractivity contribution < 1.29 is 9.90 Å². The van der Waals surface area contributed by atoms with E-state index in [1.807, 2.05) is 12.1 Å². The zero-order valence-corrected chi connectivity index (χ0v) is 17.9. The number of rotatable bonds is 5. The standard InChI is InChI=1S/C28H26N2O2/c31-28(32)24-11-13-27(14-12-24)30-17-15-29(16-18-30)20-21-5-7-23(8-6-21)26-10-9-22-3-1-2-4-25(22)19-26/h1-14,19H,15-18,20H2,(H,31,32). The minimum atomic E-state index is -0.881. The molecule has 0 radical (unpaired) electrons. The molecule has 0 amide bonds. The summed E-state index contributed by atoms with van der Waals surface area (Å²) < 4.78 is 0. The molecule has 0 saturated carbocycles. The lowest BCUT2D eigenvalue weighted by atomic mass is 10.00. The van der Waals surface area contributed by atoms with E-state index in [9.17, 15) is 4.79 Å². The number of fused-ring (bicyclic) bond motifs is 1. The van der Waals surface area contributed by atoms with Crippen LogP contribution in [0.2, 0.25) is 0 Å². The molecule has 4 heteroatoms. The Morgan fingerprint density at radius 2 is 1.38 bits per heavy atom. The molecule has 1 saturated heterocycles. The number of carboxylic acids is 1. The number of anilines is 1. The number of benzene rings is 4. The van der Waals surface area contributed by atoms with Crippen molar-refractivity contribution in [3.05, 3.63) is 102 Å². The summed E-state index contributed by atoms with van der Waals surface area (Å²) in [7, 11) is 0. The molecule has 1 aliphatic heterocycles. The maximum atomic E-state index is 11.0. The molecule has 160 valence electrons. The molecule has 4 aromatic carbocycles. The second-order valence-corrected chi connectivity index (χ2v) is 8.37. The van der Waals surface area contributed by atoms with Gasteiger partial charge in [-0.2, -0.15) is 0 Å². The maximum Gasteiger partial charge on any atom is 0.335 e. The minimum Gasteiger partial charge on any atom is -0.478 e. The molecule has 4 aromatic rings. The number of nitrogens with zero attached hydrogens (tertiary/aromatic N) is 2. The lowest BCUT2D eigenvalue weighted by Gasteiger charge is -2.36. The van der Waals surface area contributed by atoms with Gasteiger partial charge in [0.1, 0.15) is 0 Å². The van der Waals surface area contributed by atoms with Gasteiger partial charge in [-0.25, -0.2) is 4.79 Å². The number of carboxylic acid groups (broad SMARTS) is 1. The van der Waals surface area contributed by atoms with Gasteiger partial charge in [-0.05, 0) is 57.8 Å². The Kier molecular flexibility index (Phi) is 5.61. The summed E-state index contributed by atoms with van der Waals surface area (Å²) in [5, 5.41) is 11.6. The molecule has 0 unspecified atom stereocenters. The predicted molar refractivity (Wildman–Crippen MR) is 130 cm³/mol. The van der Waals surface area contributed by atoms with Gasteiger partial charge in [0.05, 0.1) is 5.56 Å². The van der Waals surface area contributed by atoms with Crippen LogP contribution in [0.15, 0.2) is 91.0 Å². The summed E-state index contributed by atoms with van der Waals surface area (Å²) in [4.78, 5) is 15.8. The summed E-state index contributed by atoms with van der Waals surface area (Å²) >= 11 is 0. The van der Waals surface area contributed by atoms with Crippen LogP contribution in [0.4, 0.5) is 5.69 Å². The number of piperazine rings is 1. The molecule has 0 aliphatic carbocycles. The van der Waals surface area contributed by atoms with Crippen LogP contribution >= 0.6 is 0 Å². The number of hydrogen-bond acceptors (Lipinski definition) is 3. The van der Waals surface area contributed by atoms with Crippen molar-refractivity contribution in [3.8, 4) is 11.1 Å². The van der Waals surface area contributed by atoms with Gasteiger partial charge in [0.2, 0.25) is 0 Å². The highest BCUT2D eigenvalue weighted by Crippen LogP contribution is 2.25. The largest absolute Gasteiger partial charge is 0.478 e. The van der Waals surface area contributed by atoms with E-state index in [-0.39, 0.29) is 0 Å². The number of aromatic carboxylic acids is 1. The van der Waals surface area contributed by atoms with Crippen LogP contribution in [0.25, 0.3) is 21.9 Å². The summed E-state index contributed by atoms with van der Waals surface area (Å²) in [6.07, 6.45) is 0. The van der Waals surface area contributed by atoms with E-state index in [4.69, 9.17) is 5.11 Å². The Hall–Kier alpha value is -3.63. The van der Waals surface area contributed by atoms with E-state index in [1.165, 1.54) is 27.5 Å². The molecule has 4 nitrogen and oxygen atoms in total. The van der Waals surface area contributed by atoms with Gasteiger partial charge in [0.15, 0.2) is 0 Å². The maximum absolute atomic E-state index is 11.0. The van der Waals surface area contributed by atoms with Gasteiger partial charge < -0.3 is 10.0 Å². The van der Waals surface area contributed by atoms with Crippen LogP contribution in [-0.4, -0.2) is 42.2 Å². The molecule has 0 bridgehead atoms. The quantitative estimate of drug-likeness (QED) is 0.459. The summed E-state index contributed by atoms with van der Waals surface area (Å²) in [6, 6.07) is 31.2. The first-order valence-electron chi connectivity index (χ1n) is 11.0. The zero-order valence-electron chi connectivity index (χ0n) is 17.9. The Morgan fingerprint density at radius 3 is 2.06 bits per heavy atom. The van der Waals surface area contributed by atoms with E-state index >= 15 is 0 Å². The van der Waals surface area contributed by atoms with Crippen molar-refractivity contribution in [3.63, 3.8) is 0 Å². The third-order valence-electron chi connectivity index (χ3n) is 6.29. The van der Waals surface area contributed by atoms with E-state index < -0.39 is 5.97 Å². The van der Waals surface area contributed by atoms with Crippen molar-refractivity contribution in [2.24, 2.45) is 0 Å². The molecular formula is C28H26N2O2. The molecule has 1 heterocycles. The van der Waals surface area contributed by atoms with Crippen molar-refractivity contribution in [2.45, 2.75) is 6.54 Å². The Bertz CT molecular complexity index is 1220. The van der Waals surface area contributed by atoms with Crippen LogP contribution in [-0.2, 0) is 6.54 Å². The van der Waals surface area contributed by atoms with Crippen molar-refractivity contribution >= 4 is 22.4 Å². The van der Waals surface area contributed by atoms with Crippen molar-refractivity contribution in [2.75, 3.05) is 31.1 Å². The SMILES string of the molecule is O=C(O)c1ccc(N2CCN(Cc3ccc(-c4ccc5ccccc5c4)cc3)CC2)cc1. The minimum absolute atomic E-state index is 0.333. The average molecular weight is 423 g/mol. The molecule has 5 rings (SSSR count). The fraction of sp³-hybridized carbons (Fsp3) is 0.179. The van der Waals surface area contributed by atoms with Crippen LogP contribution in [0.3, 0.4) is 0 Å². The van der Waals surface area contributed by atoms with Gasteiger partial charge in [-0.3, -0.25) is 4.90 Å². The van der Waals surface area contributed by atoms with E-state index in [0.717, 1.165) is 38.4 Å². The second-order valence-electron chi connectivity index (χ2n) is 8.37. The van der Waals surface area contributed by atoms with Gasteiger partial charge in [0.25, 0.3) is 0 Å². The Morgan fingerprint density at radius 1 is 0.719 bits per heavy atom. The predicted octanol–water partition coefficient (Wildman–Crippen LogP) is 5.53. The first-order chi connectivity index (χ1) is 15.7. The lowest BCUT2D eigenvalue weighted by Crippen LogP contribution is -2.45. The zero-order chi connectivity index (χ0) is 21.9. The smallest absolute Gasteiger partial charge is 0.335 e. The first kappa shape index (κ1) is 20.3. The topological polar surface area (TPSA) is 43.8 Å². The third-order valence-corrected chi connectivity index (χ3v) is 6.29. The molecule has 0 spiro atoms. The molecular weight excluding hydrogens is 396 g/mol. The van der Waals surface area contributed by atoms with Crippen molar-refractivity contribution in [1.29, 1.82) is 0 Å². The number of hydrogen-bond donors (Lipinski definition) is 1. The van der Waals surface area contributed by atoms with E-state index in [0.29, 0.717) is 5.56 Å². The Balaban J connectivity index is 1.19. The number of carbonyl (C=O) groups is 1. The van der Waals surface area contributed by atoms with E-state index in [2.05, 4.69) is 76.5 Å². The van der Waals surface area contributed by atoms with Gasteiger partial charge >= 0.3 is 5.97 Å². The average Bonchev–Trinajstić information content (AvgIpc) is 2.85. The normalized spacial score (nSPS) is 14.6. The van der Waals surface area contributed by atoms with Crippen LogP contribution in [0, 0.1) is 0 Å². The summed E-state index contributed by atoms with van der Waals surface area (Å²) in [5.41, 5.74) is 5.25. The summed E-state index contributed by atoms with van der Waals surface area (Å²) in [6.45, 7) is 4.83. The van der Waals surface area contributed by atoms with Gasteiger partial charge in [-0.15, -0.1) is 0 Å². The van der Waals surface area contributed by atoms with E-state index in [1.54, 1.807) is 12.1 Å². The fourth-order valence-corrected chi connectivity index (χ4v) is 4.41. The Labute approximate surface area is 188 Å². The lowest BCUT2D eigenvalue weighted by molar-refractivity contribution is 0.0697. The highest BCUT2D eigenvalue weighted by atomic mass is 16.4. The third kappa shape index (κ3) is 4.36. The molecule has 1 aliphatic rings. The highest BCUT2D eigenvalue weighted by Gasteiger charge is 2.17. The van der Waals surface area contributed by atoms with Crippen LogP contribution < -0.4 is 4.90 Å². The van der Waals surface area contributed by atoms with Crippen LogP contribution in [0.1, 0.15) is 15.9 Å². The molecule has 32 heavy (non-hydrogen) atoms. The first-order valence-corrected chi connectivity index (χ1v) is 11.0. The molecule has 1 fully saturated rings. The second kappa shape index (κ2) is 8.85. The van der Waals surface area contributed by atoms with Crippen molar-refractivity contribution in [1.82, 2.24) is 4.90 Å². The highest BCUT2D eigenvalue weighted by molar-refractivity contribution is 5.88. The van der Waals surface area contributed by atoms with Gasteiger partial charge in [0, 0.05) is 38.4 Å². The molecule has 0 aromatic heterocycles. The monoisotopic (exact) mass is 422 g/mol. The van der Waals surface area contributed by atoms with Crippen LogP contribution in [0.5, 0.6) is 0 Å². The van der Waals surface area contributed by atoms with Gasteiger partial charge in [-0.1, -0.05) is 60.7 Å². The fourth-order valence-electron chi connectivity index (χ4n) is 4.41. The summed E-state index contributed by atoms with van der Waals surface area (Å²) in [5.74, 6) is -0.881. The molecule has 1 N–H and O–H groups in total. The molecule has 0 atom stereocenters.